The van der Waals surface area contributed by atoms with Crippen molar-refractivity contribution >= 4 is 6.09 Å². The van der Waals surface area contributed by atoms with Crippen molar-refractivity contribution in [1.82, 2.24) is 4.90 Å². The molecule has 2 rings (SSSR count). The molecular formula is C17H23NO2. The number of hydrogen-bond acceptors (Lipinski definition) is 2. The molecule has 20 heavy (non-hydrogen) atoms. The van der Waals surface area contributed by atoms with E-state index in [9.17, 15) is 4.79 Å². The van der Waals surface area contributed by atoms with Gasteiger partial charge < -0.3 is 4.74 Å². The smallest absolute Gasteiger partial charge is 0.411 e. The van der Waals surface area contributed by atoms with E-state index in [1.54, 1.807) is 0 Å². The first-order valence-corrected chi connectivity index (χ1v) is 7.11. The summed E-state index contributed by atoms with van der Waals surface area (Å²) >= 11 is 0. The molecule has 0 radical (unpaired) electrons. The third-order valence-corrected chi connectivity index (χ3v) is 3.49. The largest absolute Gasteiger partial charge is 0.444 e. The normalized spacial score (nSPS) is 22.6. The third-order valence-electron chi connectivity index (χ3n) is 3.49. The van der Waals surface area contributed by atoms with E-state index in [4.69, 9.17) is 4.74 Å². The Labute approximate surface area is 121 Å². The van der Waals surface area contributed by atoms with E-state index in [-0.39, 0.29) is 18.2 Å². The minimum absolute atomic E-state index is 0.0510. The number of ether oxygens (including phenoxy) is 1. The van der Waals surface area contributed by atoms with E-state index in [1.165, 1.54) is 0 Å². The van der Waals surface area contributed by atoms with Crippen LogP contribution in [0.15, 0.2) is 43.0 Å². The summed E-state index contributed by atoms with van der Waals surface area (Å²) in [4.78, 5) is 14.3. The first kappa shape index (κ1) is 14.6. The molecule has 1 aromatic rings. The minimum Gasteiger partial charge on any atom is -0.444 e. The summed E-state index contributed by atoms with van der Waals surface area (Å²) in [7, 11) is 0. The molecule has 0 saturated carbocycles. The molecule has 0 unspecified atom stereocenters. The van der Waals surface area contributed by atoms with Crippen molar-refractivity contribution in [2.75, 3.05) is 0 Å². The molecule has 1 aliphatic heterocycles. The maximum absolute atomic E-state index is 12.5. The van der Waals surface area contributed by atoms with Gasteiger partial charge in [-0.25, -0.2) is 4.79 Å². The Kier molecular flexibility index (Phi) is 4.17. The lowest BCUT2D eigenvalue weighted by molar-refractivity contribution is 0.0178. The third kappa shape index (κ3) is 3.21. The van der Waals surface area contributed by atoms with Crippen molar-refractivity contribution in [3.8, 4) is 0 Å². The van der Waals surface area contributed by atoms with E-state index in [2.05, 4.69) is 18.7 Å². The van der Waals surface area contributed by atoms with E-state index in [0.717, 1.165) is 18.4 Å². The molecule has 1 fully saturated rings. The summed E-state index contributed by atoms with van der Waals surface area (Å²) in [6, 6.07) is 10.2. The number of hydrogen-bond donors (Lipinski definition) is 0. The Bertz CT molecular complexity index is 476. The zero-order chi connectivity index (χ0) is 14.8. The highest BCUT2D eigenvalue weighted by molar-refractivity contribution is 5.70. The van der Waals surface area contributed by atoms with E-state index < -0.39 is 5.60 Å². The number of rotatable bonds is 2. The van der Waals surface area contributed by atoms with Gasteiger partial charge in [0.15, 0.2) is 0 Å². The van der Waals surface area contributed by atoms with Gasteiger partial charge in [0.25, 0.3) is 0 Å². The topological polar surface area (TPSA) is 29.5 Å². The van der Waals surface area contributed by atoms with E-state index in [0.29, 0.717) is 0 Å². The Morgan fingerprint density at radius 2 is 1.95 bits per heavy atom. The highest BCUT2D eigenvalue weighted by Crippen LogP contribution is 2.37. The first-order valence-electron chi connectivity index (χ1n) is 7.11. The van der Waals surface area contributed by atoms with Crippen LogP contribution >= 0.6 is 0 Å². The van der Waals surface area contributed by atoms with Crippen molar-refractivity contribution in [1.29, 1.82) is 0 Å². The van der Waals surface area contributed by atoms with Gasteiger partial charge in [-0.05, 0) is 39.2 Å². The molecule has 1 aliphatic rings. The summed E-state index contributed by atoms with van der Waals surface area (Å²) in [5, 5.41) is 0. The maximum Gasteiger partial charge on any atom is 0.411 e. The molecule has 1 saturated heterocycles. The Morgan fingerprint density at radius 1 is 1.30 bits per heavy atom. The summed E-state index contributed by atoms with van der Waals surface area (Å²) in [5.41, 5.74) is 0.676. The van der Waals surface area contributed by atoms with E-state index >= 15 is 0 Å². The molecule has 0 spiro atoms. The second kappa shape index (κ2) is 5.70. The summed E-state index contributed by atoms with van der Waals surface area (Å²) in [5.74, 6) is 0. The lowest BCUT2D eigenvalue weighted by Crippen LogP contribution is -2.40. The highest BCUT2D eigenvalue weighted by atomic mass is 16.6. The first-order chi connectivity index (χ1) is 9.42. The molecule has 3 nitrogen and oxygen atoms in total. The fourth-order valence-electron chi connectivity index (χ4n) is 2.65. The zero-order valence-corrected chi connectivity index (χ0v) is 12.5. The van der Waals surface area contributed by atoms with Crippen LogP contribution in [0, 0.1) is 0 Å². The van der Waals surface area contributed by atoms with E-state index in [1.807, 2.05) is 49.9 Å². The fraction of sp³-hybridized carbons (Fsp3) is 0.471. The molecule has 0 aliphatic carbocycles. The van der Waals surface area contributed by atoms with Gasteiger partial charge in [0.05, 0.1) is 12.1 Å². The van der Waals surface area contributed by atoms with Crippen LogP contribution in [0.25, 0.3) is 0 Å². The van der Waals surface area contributed by atoms with Crippen LogP contribution in [-0.4, -0.2) is 22.6 Å². The van der Waals surface area contributed by atoms with Crippen molar-refractivity contribution in [3.05, 3.63) is 48.6 Å². The molecule has 2 atom stereocenters. The van der Waals surface area contributed by atoms with Crippen LogP contribution in [0.1, 0.15) is 45.2 Å². The van der Waals surface area contributed by atoms with Crippen LogP contribution in [0.3, 0.4) is 0 Å². The van der Waals surface area contributed by atoms with Crippen LogP contribution in [0.5, 0.6) is 0 Å². The van der Waals surface area contributed by atoms with Crippen molar-refractivity contribution < 1.29 is 9.53 Å². The predicted octanol–water partition coefficient (Wildman–Crippen LogP) is 4.31. The number of carbonyl (C=O) groups excluding carboxylic acids is 1. The average molecular weight is 273 g/mol. The molecule has 0 aromatic heterocycles. The van der Waals surface area contributed by atoms with Gasteiger partial charge in [-0.1, -0.05) is 36.4 Å². The molecule has 1 heterocycles. The van der Waals surface area contributed by atoms with Crippen molar-refractivity contribution in [2.24, 2.45) is 0 Å². The van der Waals surface area contributed by atoms with Crippen LogP contribution < -0.4 is 0 Å². The van der Waals surface area contributed by atoms with Crippen LogP contribution in [0.2, 0.25) is 0 Å². The summed E-state index contributed by atoms with van der Waals surface area (Å²) in [6.45, 7) is 9.52. The predicted molar refractivity (Wildman–Crippen MR) is 80.5 cm³/mol. The van der Waals surface area contributed by atoms with Crippen molar-refractivity contribution in [3.63, 3.8) is 0 Å². The van der Waals surface area contributed by atoms with Gasteiger partial charge in [0.1, 0.15) is 5.60 Å². The van der Waals surface area contributed by atoms with Gasteiger partial charge in [0, 0.05) is 0 Å². The molecular weight excluding hydrogens is 250 g/mol. The lowest BCUT2D eigenvalue weighted by atomic mass is 10.1. The lowest BCUT2D eigenvalue weighted by Gasteiger charge is -2.31. The van der Waals surface area contributed by atoms with Crippen molar-refractivity contribution in [2.45, 2.75) is 51.3 Å². The Morgan fingerprint density at radius 3 is 2.50 bits per heavy atom. The summed E-state index contributed by atoms with van der Waals surface area (Å²) < 4.78 is 5.54. The molecule has 1 amide bonds. The van der Waals surface area contributed by atoms with Gasteiger partial charge >= 0.3 is 6.09 Å². The fourth-order valence-corrected chi connectivity index (χ4v) is 2.65. The number of carbonyl (C=O) groups is 1. The van der Waals surface area contributed by atoms with Gasteiger partial charge in [0.2, 0.25) is 0 Å². The molecule has 0 N–H and O–H groups in total. The second-order valence-electron chi connectivity index (χ2n) is 6.19. The number of benzene rings is 1. The summed E-state index contributed by atoms with van der Waals surface area (Å²) in [6.07, 6.45) is 3.46. The van der Waals surface area contributed by atoms with Gasteiger partial charge in [-0.3, -0.25) is 4.90 Å². The molecule has 0 bridgehead atoms. The zero-order valence-electron chi connectivity index (χ0n) is 12.5. The molecule has 1 aromatic carbocycles. The number of amides is 1. The van der Waals surface area contributed by atoms with Gasteiger partial charge in [-0.15, -0.1) is 6.58 Å². The second-order valence-corrected chi connectivity index (χ2v) is 6.19. The molecule has 3 heteroatoms. The number of nitrogens with zero attached hydrogens (tertiary/aromatic N) is 1. The average Bonchev–Trinajstić information content (AvgIpc) is 2.81. The standard InChI is InChI=1S/C17H23NO2/c1-5-14-11-12-15(13-9-7-6-8-10-13)18(14)16(19)20-17(2,3)4/h5-10,14-15H,1,11-12H2,2-4H3/t14-,15-/m1/s1. The monoisotopic (exact) mass is 273 g/mol. The highest BCUT2D eigenvalue weighted by Gasteiger charge is 2.38. The molecule has 108 valence electrons. The Balaban J connectivity index is 2.24. The quantitative estimate of drug-likeness (QED) is 0.751. The maximum atomic E-state index is 12.5. The van der Waals surface area contributed by atoms with Crippen LogP contribution in [0.4, 0.5) is 4.79 Å². The SMILES string of the molecule is C=C[C@@H]1CC[C@H](c2ccccc2)N1C(=O)OC(C)(C)C. The van der Waals surface area contributed by atoms with Gasteiger partial charge in [-0.2, -0.15) is 0 Å². The minimum atomic E-state index is -0.480. The van der Waals surface area contributed by atoms with Crippen LogP contribution in [-0.2, 0) is 4.74 Å². The number of likely N-dealkylation sites (tertiary alicyclic amines) is 1. The Hall–Kier alpha value is -1.77.